The molecule has 0 bridgehead atoms. The smallest absolute Gasteiger partial charge is 0.0906 e. The van der Waals surface area contributed by atoms with E-state index in [2.05, 4.69) is 0 Å². The first kappa shape index (κ1) is 11.8. The van der Waals surface area contributed by atoms with Crippen molar-refractivity contribution in [2.24, 2.45) is 0 Å². The fourth-order valence-electron chi connectivity index (χ4n) is 1.49. The van der Waals surface area contributed by atoms with Crippen molar-refractivity contribution >= 4 is 23.2 Å². The van der Waals surface area contributed by atoms with Gasteiger partial charge in [0.2, 0.25) is 0 Å². The summed E-state index contributed by atoms with van der Waals surface area (Å²) in [4.78, 5) is 0. The number of benzene rings is 1. The molecule has 0 saturated heterocycles. The third kappa shape index (κ3) is 2.22. The highest BCUT2D eigenvalue weighted by Gasteiger charge is 2.27. The van der Waals surface area contributed by atoms with Gasteiger partial charge < -0.3 is 5.11 Å². The van der Waals surface area contributed by atoms with E-state index in [1.165, 1.54) is 0 Å². The quantitative estimate of drug-likeness (QED) is 0.836. The predicted octanol–water partition coefficient (Wildman–Crippen LogP) is 4.00. The minimum atomic E-state index is -0.859. The van der Waals surface area contributed by atoms with Crippen LogP contribution >= 0.6 is 23.2 Å². The lowest BCUT2D eigenvalue weighted by atomic mass is 9.89. The van der Waals surface area contributed by atoms with Crippen molar-refractivity contribution in [3.63, 3.8) is 0 Å². The van der Waals surface area contributed by atoms with Gasteiger partial charge in [0, 0.05) is 15.6 Å². The summed E-state index contributed by atoms with van der Waals surface area (Å²) in [5, 5.41) is 11.4. The van der Waals surface area contributed by atoms with Crippen molar-refractivity contribution in [1.82, 2.24) is 0 Å². The predicted molar refractivity (Wildman–Crippen MR) is 60.9 cm³/mol. The molecule has 0 atom stereocenters. The lowest BCUT2D eigenvalue weighted by molar-refractivity contribution is 0.0285. The zero-order valence-corrected chi connectivity index (χ0v) is 9.86. The maximum atomic E-state index is 10.3. The number of aliphatic hydroxyl groups is 1. The summed E-state index contributed by atoms with van der Waals surface area (Å²) in [7, 11) is 0. The van der Waals surface area contributed by atoms with E-state index in [0.717, 1.165) is 5.56 Å². The fraction of sp³-hybridized carbons (Fsp3) is 0.455. The molecule has 1 aromatic carbocycles. The summed E-state index contributed by atoms with van der Waals surface area (Å²) in [6, 6.07) is 5.17. The van der Waals surface area contributed by atoms with Crippen LogP contribution in [0.15, 0.2) is 18.2 Å². The molecule has 1 nitrogen and oxygen atoms in total. The van der Waals surface area contributed by atoms with Crippen LogP contribution in [0.3, 0.4) is 0 Å². The highest BCUT2D eigenvalue weighted by molar-refractivity contribution is 6.33. The van der Waals surface area contributed by atoms with E-state index < -0.39 is 5.60 Å². The van der Waals surface area contributed by atoms with Crippen LogP contribution in [0.25, 0.3) is 0 Å². The maximum Gasteiger partial charge on any atom is 0.0906 e. The Balaban J connectivity index is 3.22. The Morgan fingerprint density at radius 2 is 1.79 bits per heavy atom. The lowest BCUT2D eigenvalue weighted by Crippen LogP contribution is -2.23. The van der Waals surface area contributed by atoms with Crippen molar-refractivity contribution in [3.8, 4) is 0 Å². The number of halogens is 2. The van der Waals surface area contributed by atoms with Gasteiger partial charge in [-0.05, 0) is 31.0 Å². The molecule has 3 heteroatoms. The van der Waals surface area contributed by atoms with E-state index in [1.54, 1.807) is 18.2 Å². The molecule has 0 amide bonds. The van der Waals surface area contributed by atoms with Crippen molar-refractivity contribution in [1.29, 1.82) is 0 Å². The van der Waals surface area contributed by atoms with Gasteiger partial charge in [0.1, 0.15) is 0 Å². The Hall–Kier alpha value is -0.240. The summed E-state index contributed by atoms with van der Waals surface area (Å²) in [6.45, 7) is 3.86. The zero-order valence-electron chi connectivity index (χ0n) is 8.35. The first-order valence-corrected chi connectivity index (χ1v) is 5.47. The average molecular weight is 233 g/mol. The van der Waals surface area contributed by atoms with Crippen LogP contribution in [0.2, 0.25) is 10.0 Å². The molecule has 1 aromatic rings. The minimum absolute atomic E-state index is 0.570. The van der Waals surface area contributed by atoms with Gasteiger partial charge in [-0.1, -0.05) is 37.0 Å². The van der Waals surface area contributed by atoms with Gasteiger partial charge in [0.15, 0.2) is 0 Å². The Morgan fingerprint density at radius 1 is 1.21 bits per heavy atom. The van der Waals surface area contributed by atoms with Crippen molar-refractivity contribution in [3.05, 3.63) is 33.8 Å². The standard InChI is InChI=1S/C11H14Cl2O/c1-3-11(14,4-2)9-7-8(12)5-6-10(9)13/h5-7,14H,3-4H2,1-2H3. The molecule has 0 unspecified atom stereocenters. The van der Waals surface area contributed by atoms with Crippen LogP contribution < -0.4 is 0 Å². The molecule has 14 heavy (non-hydrogen) atoms. The van der Waals surface area contributed by atoms with Crippen LogP contribution in [0, 0.1) is 0 Å². The maximum absolute atomic E-state index is 10.3. The monoisotopic (exact) mass is 232 g/mol. The molecule has 0 aromatic heterocycles. The van der Waals surface area contributed by atoms with Gasteiger partial charge in [-0.15, -0.1) is 0 Å². The van der Waals surface area contributed by atoms with Crippen LogP contribution in [0.5, 0.6) is 0 Å². The normalized spacial score (nSPS) is 11.8. The Labute approximate surface area is 94.7 Å². The number of hydrogen-bond acceptors (Lipinski definition) is 1. The van der Waals surface area contributed by atoms with Gasteiger partial charge >= 0.3 is 0 Å². The summed E-state index contributed by atoms with van der Waals surface area (Å²) >= 11 is 11.9. The van der Waals surface area contributed by atoms with Crippen LogP contribution in [0.1, 0.15) is 32.3 Å². The molecular weight excluding hydrogens is 219 g/mol. The van der Waals surface area contributed by atoms with Gasteiger partial charge in [-0.2, -0.15) is 0 Å². The van der Waals surface area contributed by atoms with E-state index in [0.29, 0.717) is 22.9 Å². The van der Waals surface area contributed by atoms with Crippen LogP contribution in [-0.2, 0) is 5.60 Å². The molecule has 1 N–H and O–H groups in total. The highest BCUT2D eigenvalue weighted by atomic mass is 35.5. The van der Waals surface area contributed by atoms with E-state index in [-0.39, 0.29) is 0 Å². The minimum Gasteiger partial charge on any atom is -0.385 e. The fourth-order valence-corrected chi connectivity index (χ4v) is 1.95. The van der Waals surface area contributed by atoms with Gasteiger partial charge in [0.25, 0.3) is 0 Å². The van der Waals surface area contributed by atoms with Crippen molar-refractivity contribution < 1.29 is 5.11 Å². The summed E-state index contributed by atoms with van der Waals surface area (Å²) in [5.41, 5.74) is -0.140. The summed E-state index contributed by atoms with van der Waals surface area (Å²) in [5.74, 6) is 0. The third-order valence-electron chi connectivity index (χ3n) is 2.60. The summed E-state index contributed by atoms with van der Waals surface area (Å²) < 4.78 is 0. The summed E-state index contributed by atoms with van der Waals surface area (Å²) in [6.07, 6.45) is 1.26. The van der Waals surface area contributed by atoms with Crippen molar-refractivity contribution in [2.75, 3.05) is 0 Å². The molecule has 0 saturated carbocycles. The second-order valence-electron chi connectivity index (χ2n) is 3.36. The van der Waals surface area contributed by atoms with E-state index in [4.69, 9.17) is 23.2 Å². The molecule has 78 valence electrons. The number of rotatable bonds is 3. The second-order valence-corrected chi connectivity index (χ2v) is 4.21. The largest absolute Gasteiger partial charge is 0.385 e. The first-order valence-electron chi connectivity index (χ1n) is 4.71. The molecule has 0 spiro atoms. The Morgan fingerprint density at radius 3 is 2.29 bits per heavy atom. The van der Waals surface area contributed by atoms with E-state index >= 15 is 0 Å². The van der Waals surface area contributed by atoms with Gasteiger partial charge in [-0.25, -0.2) is 0 Å². The van der Waals surface area contributed by atoms with Crippen molar-refractivity contribution in [2.45, 2.75) is 32.3 Å². The SMILES string of the molecule is CCC(O)(CC)c1cc(Cl)ccc1Cl. The lowest BCUT2D eigenvalue weighted by Gasteiger charge is -2.26. The third-order valence-corrected chi connectivity index (χ3v) is 3.16. The van der Waals surface area contributed by atoms with E-state index in [9.17, 15) is 5.11 Å². The number of hydrogen-bond donors (Lipinski definition) is 1. The van der Waals surface area contributed by atoms with E-state index in [1.807, 2.05) is 13.8 Å². The molecule has 0 heterocycles. The molecule has 0 aliphatic carbocycles. The van der Waals surface area contributed by atoms with Crippen LogP contribution in [0.4, 0.5) is 0 Å². The first-order chi connectivity index (χ1) is 6.53. The van der Waals surface area contributed by atoms with Gasteiger partial charge in [-0.3, -0.25) is 0 Å². The Bertz CT molecular complexity index is 319. The topological polar surface area (TPSA) is 20.2 Å². The average Bonchev–Trinajstić information content (AvgIpc) is 2.20. The molecular formula is C11H14Cl2O. The zero-order chi connectivity index (χ0) is 10.8. The van der Waals surface area contributed by atoms with Crippen LogP contribution in [-0.4, -0.2) is 5.11 Å². The molecule has 0 aliphatic rings. The second kappa shape index (κ2) is 4.52. The molecule has 0 radical (unpaired) electrons. The molecule has 0 aliphatic heterocycles. The molecule has 0 fully saturated rings. The highest BCUT2D eigenvalue weighted by Crippen LogP contribution is 2.35. The van der Waals surface area contributed by atoms with Gasteiger partial charge in [0.05, 0.1) is 5.60 Å². The molecule has 1 rings (SSSR count). The Kier molecular flexibility index (Phi) is 3.82.